The number of hydrogen-bond acceptors (Lipinski definition) is 0. The summed E-state index contributed by atoms with van der Waals surface area (Å²) in [5.74, 6) is 0. The third kappa shape index (κ3) is 0.0717. The highest BCUT2D eigenvalue weighted by Crippen LogP contribution is 3.49. The Labute approximate surface area is 42.8 Å². The summed E-state index contributed by atoms with van der Waals surface area (Å²) in [5, 5.41) is 5.10. The van der Waals surface area contributed by atoms with Gasteiger partial charge in [-0.3, -0.25) is 0 Å². The van der Waals surface area contributed by atoms with Crippen LogP contribution in [0, 0.1) is 0 Å². The fourth-order valence-corrected chi connectivity index (χ4v) is 26.2. The van der Waals surface area contributed by atoms with Crippen LogP contribution in [0.15, 0.2) is 0 Å². The molecule has 2 heteroatoms. The molecule has 4 fully saturated rings. The van der Waals surface area contributed by atoms with Crippen LogP contribution in [0.1, 0.15) is 13.3 Å². The Morgan fingerprint density at radius 1 is 1.71 bits per heavy atom. The lowest BCUT2D eigenvalue weighted by molar-refractivity contribution is 0.716. The Morgan fingerprint density at radius 3 is 2.29 bits per heavy atom. The lowest BCUT2D eigenvalue weighted by atomic mass is 10.3. The van der Waals surface area contributed by atoms with E-state index in [9.17, 15) is 0 Å². The molecule has 0 aliphatic carbocycles. The summed E-state index contributed by atoms with van der Waals surface area (Å²) in [4.78, 5) is 1.07. The first kappa shape index (κ1) is 2.98. The summed E-state index contributed by atoms with van der Waals surface area (Å²) in [6.45, 7) is 2.38. The molecule has 2 bridgehead atoms. The van der Waals surface area contributed by atoms with E-state index in [0.29, 0.717) is 0 Å². The van der Waals surface area contributed by atoms with E-state index in [-0.39, 0.29) is 13.1 Å². The third-order valence-corrected chi connectivity index (χ3v) is 21.2. The van der Waals surface area contributed by atoms with Crippen molar-refractivity contribution < 1.29 is 0 Å². The minimum atomic E-state index is -0.0710. The summed E-state index contributed by atoms with van der Waals surface area (Å²) in [5.41, 5.74) is 0. The van der Waals surface area contributed by atoms with Gasteiger partial charge in [0, 0.05) is 10.3 Å². The molecular formula is C5H6P2. The number of hydrogen-bond donors (Lipinski definition) is 0. The van der Waals surface area contributed by atoms with Crippen molar-refractivity contribution in [2.24, 2.45) is 0 Å². The normalized spacial score (nSPS) is 103. The average Bonchev–Trinajstić information content (AvgIpc) is 2.48. The lowest BCUT2D eigenvalue weighted by Gasteiger charge is -2.40. The molecule has 0 N–H and O–H groups in total. The Kier molecular flexibility index (Phi) is 0.161. The maximum absolute atomic E-state index is 3.71. The van der Waals surface area contributed by atoms with E-state index in [1.807, 2.05) is 0 Å². The van der Waals surface area contributed by atoms with E-state index in [2.05, 4.69) is 12.1 Å². The topological polar surface area (TPSA) is 0 Å². The lowest BCUT2D eigenvalue weighted by Crippen LogP contribution is -2.32. The minimum absolute atomic E-state index is 0.0710. The molecular weight excluding hydrogens is 122 g/mol. The van der Waals surface area contributed by atoms with E-state index in [1.165, 1.54) is 5.40 Å². The number of rotatable bonds is 0. The molecule has 7 heavy (non-hydrogen) atoms. The molecule has 0 nitrogen and oxygen atoms in total. The summed E-state index contributed by atoms with van der Waals surface area (Å²) in [6.07, 6.45) is 1.64. The van der Waals surface area contributed by atoms with Gasteiger partial charge in [-0.15, -0.1) is 5.17 Å². The molecule has 0 radical (unpaired) electrons. The van der Waals surface area contributed by atoms with Crippen LogP contribution >= 0.6 is 13.1 Å². The molecule has 2 spiro atoms. The molecule has 0 amide bonds. The van der Waals surface area contributed by atoms with Gasteiger partial charge >= 0.3 is 0 Å². The Hall–Kier alpha value is 0.640. The molecule has 0 saturated carbocycles. The quantitative estimate of drug-likeness (QED) is 0.438. The zero-order valence-electron chi connectivity index (χ0n) is 4.18. The second-order valence-corrected chi connectivity index (χ2v) is 14.7. The molecule has 2 unspecified atom stereocenters. The van der Waals surface area contributed by atoms with Crippen molar-refractivity contribution in [2.45, 2.75) is 23.6 Å². The zero-order valence-corrected chi connectivity index (χ0v) is 5.97. The third-order valence-electron chi connectivity index (χ3n) is 3.57. The van der Waals surface area contributed by atoms with Gasteiger partial charge in [0.1, 0.15) is 0 Å². The molecule has 36 valence electrons. The van der Waals surface area contributed by atoms with Gasteiger partial charge in [-0.25, -0.2) is 0 Å². The molecule has 5 aliphatic rings. The minimum Gasteiger partial charge on any atom is -0.119 e. The average molecular weight is 128 g/mol. The first-order chi connectivity index (χ1) is 3.30. The van der Waals surface area contributed by atoms with Crippen LogP contribution in [-0.2, 0) is 0 Å². The molecule has 5 heterocycles. The first-order valence-corrected chi connectivity index (χ1v) is 7.29. The van der Waals surface area contributed by atoms with Gasteiger partial charge in [0.05, 0.1) is 0 Å². The van der Waals surface area contributed by atoms with E-state index in [1.54, 1.807) is 6.42 Å². The second-order valence-electron chi connectivity index (χ2n) is 3.37. The SMILES string of the molecule is CC12CC3P14=C=P324. The second kappa shape index (κ2) is 0.378. The molecule has 5 rings (SSSR count). The maximum atomic E-state index is 3.71. The van der Waals surface area contributed by atoms with Gasteiger partial charge < -0.3 is 0 Å². The van der Waals surface area contributed by atoms with Crippen molar-refractivity contribution in [3.8, 4) is 0 Å². The molecule has 5 aliphatic heterocycles. The van der Waals surface area contributed by atoms with Gasteiger partial charge in [-0.2, -0.15) is 0 Å². The monoisotopic (exact) mass is 128 g/mol. The highest BCUT2D eigenvalue weighted by atomic mass is 32.2. The first-order valence-electron chi connectivity index (χ1n) is 2.87. The van der Waals surface area contributed by atoms with Gasteiger partial charge in [0.2, 0.25) is 0 Å². The van der Waals surface area contributed by atoms with Gasteiger partial charge in [0.15, 0.2) is 0 Å². The van der Waals surface area contributed by atoms with E-state index in [4.69, 9.17) is 0 Å². The zero-order chi connectivity index (χ0) is 4.49. The highest BCUT2D eigenvalue weighted by Gasteiger charge is 3.08. The van der Waals surface area contributed by atoms with Gasteiger partial charge in [-0.1, -0.05) is 0 Å². The van der Waals surface area contributed by atoms with E-state index in [0.717, 1.165) is 4.90 Å². The van der Waals surface area contributed by atoms with Crippen molar-refractivity contribution in [1.82, 2.24) is 0 Å². The molecule has 2 atom stereocenters. The predicted molar refractivity (Wildman–Crippen MR) is 35.7 cm³/mol. The van der Waals surface area contributed by atoms with Crippen molar-refractivity contribution in [3.63, 3.8) is 0 Å². The fraction of sp³-hybridized carbons (Fsp3) is 0.800. The molecule has 0 aromatic rings. The highest BCUT2D eigenvalue weighted by molar-refractivity contribution is 8.87. The van der Waals surface area contributed by atoms with Gasteiger partial charge in [-0.05, 0) is 26.5 Å². The summed E-state index contributed by atoms with van der Waals surface area (Å²) < 4.78 is 0. The predicted octanol–water partition coefficient (Wildman–Crippen LogP) is 2.06. The van der Waals surface area contributed by atoms with Crippen molar-refractivity contribution >= 4 is 18.3 Å². The van der Waals surface area contributed by atoms with Crippen LogP contribution in [-0.4, -0.2) is 15.5 Å². The van der Waals surface area contributed by atoms with Crippen LogP contribution in [0.2, 0.25) is 0 Å². The maximum Gasteiger partial charge on any atom is 0.0310 e. The van der Waals surface area contributed by atoms with Crippen LogP contribution in [0.25, 0.3) is 0 Å². The van der Waals surface area contributed by atoms with Crippen LogP contribution in [0.4, 0.5) is 0 Å². The Balaban J connectivity index is 2.39. The summed E-state index contributed by atoms with van der Waals surface area (Å²) in [7, 11) is 0. The van der Waals surface area contributed by atoms with Crippen molar-refractivity contribution in [1.29, 1.82) is 0 Å². The van der Waals surface area contributed by atoms with Crippen molar-refractivity contribution in [3.05, 3.63) is 0 Å². The van der Waals surface area contributed by atoms with Crippen LogP contribution in [0.5, 0.6) is 0 Å². The Bertz CT molecular complexity index is 306. The summed E-state index contributed by atoms with van der Waals surface area (Å²) >= 11 is 0. The Morgan fingerprint density at radius 2 is 2.29 bits per heavy atom. The molecule has 0 aromatic carbocycles. The van der Waals surface area contributed by atoms with Crippen LogP contribution < -0.4 is 0 Å². The standard InChI is InChI=1S/C5H6P2/c1-5-2-4-6(5)3-7(4,5)6/h4H,2H2,1H3. The van der Waals surface area contributed by atoms with E-state index < -0.39 is 0 Å². The molecule has 4 saturated heterocycles. The smallest absolute Gasteiger partial charge is 0.0310 e. The summed E-state index contributed by atoms with van der Waals surface area (Å²) in [6, 6.07) is 0. The van der Waals surface area contributed by atoms with Crippen LogP contribution in [0.3, 0.4) is 0 Å². The van der Waals surface area contributed by atoms with Gasteiger partial charge in [0.25, 0.3) is 0 Å². The fourth-order valence-electron chi connectivity index (χ4n) is 2.80. The van der Waals surface area contributed by atoms with E-state index >= 15 is 0 Å². The molecule has 0 aromatic heterocycles. The van der Waals surface area contributed by atoms with Crippen molar-refractivity contribution in [2.75, 3.05) is 0 Å². The largest absolute Gasteiger partial charge is 0.119 e.